The first-order valence-electron chi connectivity index (χ1n) is 30.3. The van der Waals surface area contributed by atoms with Crippen molar-refractivity contribution in [2.45, 2.75) is 55.4 Å². The van der Waals surface area contributed by atoms with Gasteiger partial charge in [0.25, 0.3) is 0 Å². The number of nitrogens with zero attached hydrogens (tertiary/aromatic N) is 6. The van der Waals surface area contributed by atoms with E-state index in [0.29, 0.717) is 133 Å². The Balaban J connectivity index is 1.21. The maximum Gasteiger partial charge on any atom is 0.336 e. The van der Waals surface area contributed by atoms with Crippen LogP contribution in [0.15, 0.2) is 158 Å². The van der Waals surface area contributed by atoms with Gasteiger partial charge in [0, 0.05) is 212 Å². The van der Waals surface area contributed by atoms with E-state index in [2.05, 4.69) is 85.0 Å². The van der Waals surface area contributed by atoms with Gasteiger partial charge in [-0.3, -0.25) is 0 Å². The lowest BCUT2D eigenvalue weighted by Gasteiger charge is -2.21. The Morgan fingerprint density at radius 2 is 0.523 bits per heavy atom. The van der Waals surface area contributed by atoms with E-state index >= 15 is 0 Å². The number of nitrogens with one attached hydrogen (secondary N) is 2. The minimum Gasteiger partial charge on any atom is -0.423 e. The van der Waals surface area contributed by atoms with Crippen molar-refractivity contribution in [2.24, 2.45) is 0 Å². The van der Waals surface area contributed by atoms with Crippen molar-refractivity contribution < 1.29 is 17.7 Å². The first-order chi connectivity index (χ1) is 42.8. The third kappa shape index (κ3) is 9.93. The van der Waals surface area contributed by atoms with E-state index in [9.17, 15) is 19.2 Å². The van der Waals surface area contributed by atoms with Crippen LogP contribution in [0.4, 0.5) is 22.7 Å². The molecule has 11 aromatic rings. The van der Waals surface area contributed by atoms with Crippen LogP contribution in [0.25, 0.3) is 135 Å². The van der Waals surface area contributed by atoms with Gasteiger partial charge >= 0.3 is 22.5 Å². The van der Waals surface area contributed by atoms with Gasteiger partial charge in [-0.15, -0.1) is 0 Å². The molecule has 2 aliphatic rings. The Bertz CT molecular complexity index is 4490. The third-order valence-electron chi connectivity index (χ3n) is 17.3. The highest BCUT2D eigenvalue weighted by Crippen LogP contribution is 2.44. The highest BCUT2D eigenvalue weighted by molar-refractivity contribution is 6.09. The number of fused-ring (bicyclic) bond motifs is 12. The fraction of sp³-hybridized carbons (Fsp3) is 0.222. The van der Waals surface area contributed by atoms with Crippen LogP contribution in [0.2, 0.25) is 0 Å². The molecular weight excluding hydrogens is 1100 g/mol. The van der Waals surface area contributed by atoms with Crippen LogP contribution in [-0.2, 0) is 0 Å². The second kappa shape index (κ2) is 23.1. The highest BCUT2D eigenvalue weighted by Gasteiger charge is 2.25. The summed E-state index contributed by atoms with van der Waals surface area (Å²) in [5.41, 5.74) is 11.9. The van der Waals surface area contributed by atoms with E-state index < -0.39 is 22.5 Å². The molecule has 9 heterocycles. The van der Waals surface area contributed by atoms with Crippen molar-refractivity contribution in [3.05, 3.63) is 186 Å². The number of anilines is 4. The number of benzene rings is 4. The number of rotatable bonds is 16. The van der Waals surface area contributed by atoms with Gasteiger partial charge in [-0.1, -0.05) is 0 Å². The number of hydrogen-bond donors (Lipinski definition) is 2. The zero-order chi connectivity index (χ0) is 61.1. The van der Waals surface area contributed by atoms with Gasteiger partial charge in [0.1, 0.15) is 22.3 Å². The Labute approximate surface area is 506 Å². The fourth-order valence-corrected chi connectivity index (χ4v) is 12.9. The summed E-state index contributed by atoms with van der Waals surface area (Å²) < 4.78 is 24.2. The molecule has 0 atom stereocenters. The van der Waals surface area contributed by atoms with Crippen LogP contribution in [0.1, 0.15) is 78.2 Å². The average molecular weight is 1170 g/mol. The van der Waals surface area contributed by atoms with Gasteiger partial charge in [-0.25, -0.2) is 29.1 Å². The summed E-state index contributed by atoms with van der Waals surface area (Å²) in [7, 11) is 0. The molecule has 16 heteroatoms. The molecule has 16 nitrogen and oxygen atoms in total. The van der Waals surface area contributed by atoms with Crippen molar-refractivity contribution in [1.82, 2.24) is 19.9 Å². The first kappa shape index (κ1) is 56.6. The molecule has 7 aromatic heterocycles. The second-order valence-corrected chi connectivity index (χ2v) is 21.8. The minimum absolute atomic E-state index is 0.399. The Morgan fingerprint density at radius 1 is 0.307 bits per heavy atom. The lowest BCUT2D eigenvalue weighted by molar-refractivity contribution is 0.561. The van der Waals surface area contributed by atoms with Crippen LogP contribution in [0.3, 0.4) is 0 Å². The molecule has 13 rings (SSSR count). The second-order valence-electron chi connectivity index (χ2n) is 21.8. The van der Waals surface area contributed by atoms with E-state index in [4.69, 9.17) is 27.6 Å². The molecule has 4 aromatic carbocycles. The molecule has 88 heavy (non-hydrogen) atoms. The van der Waals surface area contributed by atoms with Crippen molar-refractivity contribution in [2.75, 3.05) is 72.0 Å². The first-order valence-corrected chi connectivity index (χ1v) is 30.3. The molecule has 0 saturated carbocycles. The Morgan fingerprint density at radius 3 is 0.727 bits per heavy atom. The predicted octanol–water partition coefficient (Wildman–Crippen LogP) is 15.1. The molecule has 442 valence electrons. The van der Waals surface area contributed by atoms with Crippen LogP contribution < -0.4 is 42.1 Å². The van der Waals surface area contributed by atoms with Gasteiger partial charge < -0.3 is 47.2 Å². The largest absolute Gasteiger partial charge is 0.423 e. The zero-order valence-electron chi connectivity index (χ0n) is 50.5. The molecular formula is C72H66N8O8. The number of aromatic amines is 2. The Hall–Kier alpha value is -10.5. The van der Waals surface area contributed by atoms with Crippen molar-refractivity contribution in [3.8, 4) is 44.5 Å². The highest BCUT2D eigenvalue weighted by atomic mass is 16.4. The summed E-state index contributed by atoms with van der Waals surface area (Å²) in [5, 5.41) is 2.69. The van der Waals surface area contributed by atoms with Crippen molar-refractivity contribution in [3.63, 3.8) is 0 Å². The molecule has 0 amide bonds. The molecule has 2 N–H and O–H groups in total. The van der Waals surface area contributed by atoms with Gasteiger partial charge in [0.15, 0.2) is 0 Å². The van der Waals surface area contributed by atoms with Gasteiger partial charge in [-0.2, -0.15) is 0 Å². The monoisotopic (exact) mass is 1170 g/mol. The van der Waals surface area contributed by atoms with E-state index in [1.165, 1.54) is 24.3 Å². The van der Waals surface area contributed by atoms with Gasteiger partial charge in [-0.05, 0) is 152 Å². The zero-order valence-corrected chi connectivity index (χ0v) is 50.5. The normalized spacial score (nSPS) is 12.1. The summed E-state index contributed by atoms with van der Waals surface area (Å²) in [6, 6.07) is 37.5. The van der Waals surface area contributed by atoms with Gasteiger partial charge in [0.05, 0.1) is 22.8 Å². The van der Waals surface area contributed by atoms with E-state index in [1.807, 2.05) is 121 Å². The molecule has 0 radical (unpaired) electrons. The van der Waals surface area contributed by atoms with Crippen molar-refractivity contribution in [1.29, 1.82) is 0 Å². The topological polar surface area (TPSA) is 191 Å². The van der Waals surface area contributed by atoms with E-state index in [1.54, 1.807) is 0 Å². The molecule has 0 spiro atoms. The lowest BCUT2D eigenvalue weighted by atomic mass is 9.99. The molecule has 0 aliphatic carbocycles. The van der Waals surface area contributed by atoms with E-state index in [0.717, 1.165) is 75.1 Å². The summed E-state index contributed by atoms with van der Waals surface area (Å²) >= 11 is 0. The molecule has 8 bridgehead atoms. The standard InChI is InChI=1S/C72H66N8O8/c1-9-77(10-2)41-17-21-45-49(37-65(81)85-61(45)33-41)69-53-25-27-55(73-53)70(50-38-66(82)86-62-34-42(18-22-46(50)62)78(11-3)12-4)57-29-31-59(75-57)72(52-40-68(84)88-64-36-44(20-24-48(52)64)80(15-7)16-8)60-32-30-58(76-60)71(56-28-26-54(69)74-56)51-39-67(83)87-63-35-43(19-23-47(51)63)79(13-5)14-6/h17-40,73,76H,9-16H2,1-8H3. The summed E-state index contributed by atoms with van der Waals surface area (Å²) in [6.07, 6.45) is 7.67. The van der Waals surface area contributed by atoms with Crippen LogP contribution in [0, 0.1) is 0 Å². The molecule has 0 unspecified atom stereocenters. The summed E-state index contributed by atoms with van der Waals surface area (Å²) in [4.78, 5) is 83.8. The van der Waals surface area contributed by atoms with Crippen LogP contribution in [0.5, 0.6) is 0 Å². The van der Waals surface area contributed by atoms with E-state index in [-0.39, 0.29) is 0 Å². The maximum atomic E-state index is 14.1. The van der Waals surface area contributed by atoms with Crippen molar-refractivity contribution >= 4 is 113 Å². The summed E-state index contributed by atoms with van der Waals surface area (Å²) in [6.45, 7) is 22.7. The fourth-order valence-electron chi connectivity index (χ4n) is 12.9. The Kier molecular flexibility index (Phi) is 14.9. The smallest absolute Gasteiger partial charge is 0.336 e. The third-order valence-corrected chi connectivity index (χ3v) is 17.3. The van der Waals surface area contributed by atoms with Gasteiger partial charge in [0.2, 0.25) is 0 Å². The number of hydrogen-bond acceptors (Lipinski definition) is 14. The number of H-pyrrole nitrogens is 2. The molecule has 0 fully saturated rings. The average Bonchev–Trinajstić information content (AvgIpc) is 4.22. The van der Waals surface area contributed by atoms with Crippen LogP contribution in [-0.4, -0.2) is 72.3 Å². The minimum atomic E-state index is -0.553. The molecule has 0 saturated heterocycles. The molecule has 2 aliphatic heterocycles. The quantitative estimate of drug-likeness (QED) is 0.0869. The number of aromatic nitrogens is 4. The maximum absolute atomic E-state index is 14.1. The SMILES string of the molecule is CCN(CC)c1ccc2c(-c3c4nc(c(-c5cc(=O)oc6cc(N(CC)CC)ccc56)c5ccc([nH]5)c(-c5cc(=O)oc6cc(N(CC)CC)ccc56)c5nc(c(-c6cc(=O)oc7cc(N(CC)CC)ccc67)c6ccc3[nH]6)C=C5)C=C4)cc(=O)oc2c1. The lowest BCUT2D eigenvalue weighted by Crippen LogP contribution is -2.21. The van der Waals surface area contributed by atoms with Crippen LogP contribution >= 0.6 is 0 Å². The summed E-state index contributed by atoms with van der Waals surface area (Å²) in [5.74, 6) is 0. The predicted molar refractivity (Wildman–Crippen MR) is 359 cm³/mol.